The zero-order valence-corrected chi connectivity index (χ0v) is 15.7. The number of aryl methyl sites for hydroxylation is 1. The maximum Gasteiger partial charge on any atom is 0.253 e. The number of halogens is 1. The van der Waals surface area contributed by atoms with Gasteiger partial charge in [0.2, 0.25) is 0 Å². The summed E-state index contributed by atoms with van der Waals surface area (Å²) in [5, 5.41) is 3.47. The first kappa shape index (κ1) is 18.3. The highest BCUT2D eigenvalue weighted by Crippen LogP contribution is 2.36. The second-order valence-electron chi connectivity index (χ2n) is 7.16. The number of carbonyl (C=O) groups is 1. The number of rotatable bonds is 3. The summed E-state index contributed by atoms with van der Waals surface area (Å²) in [7, 11) is 0. The highest BCUT2D eigenvalue weighted by Gasteiger charge is 2.33. The smallest absolute Gasteiger partial charge is 0.253 e. The molecule has 0 bridgehead atoms. The van der Waals surface area contributed by atoms with Crippen molar-refractivity contribution in [2.45, 2.75) is 38.6 Å². The molecule has 0 saturated heterocycles. The molecule has 5 nitrogen and oxygen atoms in total. The maximum absolute atomic E-state index is 12.7. The van der Waals surface area contributed by atoms with Crippen LogP contribution < -0.4 is 16.8 Å². The molecule has 1 heterocycles. The van der Waals surface area contributed by atoms with Crippen LogP contribution in [0.5, 0.6) is 0 Å². The Morgan fingerprint density at radius 1 is 1.27 bits per heavy atom. The van der Waals surface area contributed by atoms with Crippen molar-refractivity contribution in [3.63, 3.8) is 0 Å². The number of aromatic nitrogens is 1. The van der Waals surface area contributed by atoms with Gasteiger partial charge in [0, 0.05) is 23.1 Å². The lowest BCUT2D eigenvalue weighted by molar-refractivity contribution is 0.0901. The highest BCUT2D eigenvalue weighted by molar-refractivity contribution is 6.34. The Balaban J connectivity index is 1.82. The third-order valence-electron chi connectivity index (χ3n) is 4.77. The molecule has 26 heavy (non-hydrogen) atoms. The van der Waals surface area contributed by atoms with E-state index >= 15 is 0 Å². The topological polar surface area (TPSA) is 94.0 Å². The summed E-state index contributed by atoms with van der Waals surface area (Å²) < 4.78 is 0. The summed E-state index contributed by atoms with van der Waals surface area (Å²) in [5.74, 6) is -0.214. The van der Waals surface area contributed by atoms with E-state index in [9.17, 15) is 4.79 Å². The number of nitrogen functional groups attached to an aromatic ring is 1. The third-order valence-corrected chi connectivity index (χ3v) is 5.09. The van der Waals surface area contributed by atoms with Gasteiger partial charge in [-0.1, -0.05) is 17.7 Å². The molecular formula is C20H23ClN4O. The Bertz CT molecular complexity index is 876. The minimum absolute atomic E-state index is 0.214. The highest BCUT2D eigenvalue weighted by atomic mass is 35.5. The van der Waals surface area contributed by atoms with E-state index in [1.165, 1.54) is 0 Å². The Kier molecular flexibility index (Phi) is 4.92. The molecule has 1 unspecified atom stereocenters. The molecule has 6 heteroatoms. The van der Waals surface area contributed by atoms with Gasteiger partial charge >= 0.3 is 0 Å². The lowest BCUT2D eigenvalue weighted by atomic mass is 9.80. The summed E-state index contributed by atoms with van der Waals surface area (Å²) in [4.78, 5) is 17.2. The molecule has 1 atom stereocenters. The fourth-order valence-corrected chi connectivity index (χ4v) is 3.49. The first-order chi connectivity index (χ1) is 12.3. The normalized spacial score (nSPS) is 20.1. The molecule has 2 aromatic rings. The van der Waals surface area contributed by atoms with E-state index in [-0.39, 0.29) is 5.91 Å². The van der Waals surface area contributed by atoms with E-state index in [1.54, 1.807) is 18.2 Å². The van der Waals surface area contributed by atoms with Crippen LogP contribution in [0.1, 0.15) is 47.8 Å². The van der Waals surface area contributed by atoms with Crippen LogP contribution in [0.15, 0.2) is 42.2 Å². The van der Waals surface area contributed by atoms with Crippen molar-refractivity contribution in [2.75, 3.05) is 5.73 Å². The van der Waals surface area contributed by atoms with E-state index in [2.05, 4.69) is 10.3 Å². The summed E-state index contributed by atoms with van der Waals surface area (Å²) in [6, 6.07) is 8.89. The number of allylic oxidation sites excluding steroid dienone is 1. The molecule has 5 N–H and O–H groups in total. The van der Waals surface area contributed by atoms with Crippen LogP contribution >= 0.6 is 11.6 Å². The van der Waals surface area contributed by atoms with E-state index in [0.717, 1.165) is 28.9 Å². The Morgan fingerprint density at radius 2 is 2.04 bits per heavy atom. The molecule has 0 radical (unpaired) electrons. The number of hydrogen-bond acceptors (Lipinski definition) is 4. The van der Waals surface area contributed by atoms with Crippen molar-refractivity contribution in [2.24, 2.45) is 5.73 Å². The van der Waals surface area contributed by atoms with Crippen LogP contribution in [-0.4, -0.2) is 16.4 Å². The number of nitrogens with two attached hydrogens (primary N) is 2. The number of anilines is 1. The first-order valence-electron chi connectivity index (χ1n) is 8.55. The molecule has 136 valence electrons. The standard InChI is InChI=1S/C20H23ClN4O/c1-12-3-6-18(24-11-12)15-10-20(2,8-7-17(15)23)25-19(26)14-5-4-13(22)9-16(14)21/h3-6,9,11H,7-8,10,22-23H2,1-2H3,(H,25,26). The third kappa shape index (κ3) is 3.83. The van der Waals surface area contributed by atoms with Crippen molar-refractivity contribution in [3.8, 4) is 0 Å². The quantitative estimate of drug-likeness (QED) is 0.718. The predicted octanol–water partition coefficient (Wildman–Crippen LogP) is 3.67. The van der Waals surface area contributed by atoms with Gasteiger partial charge in [0.25, 0.3) is 5.91 Å². The van der Waals surface area contributed by atoms with Crippen LogP contribution in [0.3, 0.4) is 0 Å². The molecule has 0 spiro atoms. The number of nitrogens with zero attached hydrogens (tertiary/aromatic N) is 1. The number of pyridine rings is 1. The van der Waals surface area contributed by atoms with Gasteiger partial charge in [0.1, 0.15) is 0 Å². The molecule has 1 aromatic heterocycles. The largest absolute Gasteiger partial charge is 0.402 e. The average Bonchev–Trinajstić information content (AvgIpc) is 2.58. The van der Waals surface area contributed by atoms with Gasteiger partial charge in [-0.05, 0) is 68.5 Å². The fourth-order valence-electron chi connectivity index (χ4n) is 3.22. The predicted molar refractivity (Wildman–Crippen MR) is 106 cm³/mol. The van der Waals surface area contributed by atoms with Gasteiger partial charge in [0.05, 0.1) is 16.3 Å². The second-order valence-corrected chi connectivity index (χ2v) is 7.56. The lowest BCUT2D eigenvalue weighted by Crippen LogP contribution is -2.48. The summed E-state index contributed by atoms with van der Waals surface area (Å²) in [5.41, 5.74) is 16.2. The molecular weight excluding hydrogens is 348 g/mol. The van der Waals surface area contributed by atoms with Crippen LogP contribution in [-0.2, 0) is 0 Å². The van der Waals surface area contributed by atoms with Crippen molar-refractivity contribution in [3.05, 3.63) is 64.1 Å². The maximum atomic E-state index is 12.7. The molecule has 1 aromatic carbocycles. The lowest BCUT2D eigenvalue weighted by Gasteiger charge is -2.36. The summed E-state index contributed by atoms with van der Waals surface area (Å²) >= 11 is 6.17. The zero-order valence-electron chi connectivity index (χ0n) is 15.0. The number of carbonyl (C=O) groups excluding carboxylic acids is 1. The van der Waals surface area contributed by atoms with Gasteiger partial charge < -0.3 is 16.8 Å². The Labute approximate surface area is 158 Å². The Morgan fingerprint density at radius 3 is 2.69 bits per heavy atom. The van der Waals surface area contributed by atoms with Crippen LogP contribution in [0.25, 0.3) is 5.57 Å². The van der Waals surface area contributed by atoms with Crippen molar-refractivity contribution < 1.29 is 4.79 Å². The molecule has 1 aliphatic rings. The van der Waals surface area contributed by atoms with E-state index in [0.29, 0.717) is 29.1 Å². The van der Waals surface area contributed by atoms with E-state index in [4.69, 9.17) is 23.1 Å². The average molecular weight is 371 g/mol. The van der Waals surface area contributed by atoms with Crippen molar-refractivity contribution in [1.82, 2.24) is 10.3 Å². The van der Waals surface area contributed by atoms with Gasteiger partial charge in [-0.3, -0.25) is 9.78 Å². The monoisotopic (exact) mass is 370 g/mol. The number of amides is 1. The molecule has 1 aliphatic carbocycles. The van der Waals surface area contributed by atoms with Crippen LogP contribution in [0.2, 0.25) is 5.02 Å². The fraction of sp³-hybridized carbons (Fsp3) is 0.300. The van der Waals surface area contributed by atoms with Crippen LogP contribution in [0.4, 0.5) is 5.69 Å². The van der Waals surface area contributed by atoms with Crippen molar-refractivity contribution in [1.29, 1.82) is 0 Å². The SMILES string of the molecule is Cc1ccc(C2=C(N)CCC(C)(NC(=O)c3ccc(N)cc3Cl)C2)nc1. The molecule has 0 aliphatic heterocycles. The zero-order chi connectivity index (χ0) is 18.9. The summed E-state index contributed by atoms with van der Waals surface area (Å²) in [6.45, 7) is 4.02. The van der Waals surface area contributed by atoms with Crippen molar-refractivity contribution >= 4 is 28.8 Å². The second kappa shape index (κ2) is 7.00. The molecule has 3 rings (SSSR count). The minimum Gasteiger partial charge on any atom is -0.402 e. The number of hydrogen-bond donors (Lipinski definition) is 3. The first-order valence-corrected chi connectivity index (χ1v) is 8.93. The van der Waals surface area contributed by atoms with Gasteiger partial charge in [-0.2, -0.15) is 0 Å². The molecule has 0 saturated carbocycles. The summed E-state index contributed by atoms with van der Waals surface area (Å²) in [6.07, 6.45) is 3.91. The molecule has 0 fully saturated rings. The minimum atomic E-state index is -0.424. The number of benzene rings is 1. The number of nitrogens with one attached hydrogen (secondary N) is 1. The molecule has 1 amide bonds. The van der Waals surface area contributed by atoms with Gasteiger partial charge in [-0.15, -0.1) is 0 Å². The van der Waals surface area contributed by atoms with Gasteiger partial charge in [-0.25, -0.2) is 0 Å². The Hall–Kier alpha value is -2.53. The van der Waals surface area contributed by atoms with E-state index < -0.39 is 5.54 Å². The van der Waals surface area contributed by atoms with Gasteiger partial charge in [0.15, 0.2) is 0 Å². The van der Waals surface area contributed by atoms with E-state index in [1.807, 2.05) is 32.2 Å². The van der Waals surface area contributed by atoms with Crippen LogP contribution in [0, 0.1) is 6.92 Å².